The Labute approximate surface area is 109 Å². The minimum absolute atomic E-state index is 0.00662. The zero-order chi connectivity index (χ0) is 13.3. The summed E-state index contributed by atoms with van der Waals surface area (Å²) < 4.78 is 0. The van der Waals surface area contributed by atoms with Crippen molar-refractivity contribution in [3.05, 3.63) is 0 Å². The van der Waals surface area contributed by atoms with Crippen LogP contribution < -0.4 is 5.32 Å². The zero-order valence-corrected chi connectivity index (χ0v) is 11.6. The Morgan fingerprint density at radius 2 is 1.89 bits per heavy atom. The van der Waals surface area contributed by atoms with E-state index in [-0.39, 0.29) is 29.9 Å². The fourth-order valence-corrected chi connectivity index (χ4v) is 3.16. The van der Waals surface area contributed by atoms with Gasteiger partial charge in [-0.25, -0.2) is 0 Å². The van der Waals surface area contributed by atoms with Crippen molar-refractivity contribution in [2.45, 2.75) is 71.0 Å². The van der Waals surface area contributed by atoms with Gasteiger partial charge in [0.05, 0.1) is 0 Å². The van der Waals surface area contributed by atoms with E-state index < -0.39 is 0 Å². The lowest BCUT2D eigenvalue weighted by Crippen LogP contribution is -2.64. The van der Waals surface area contributed by atoms with Gasteiger partial charge in [0.2, 0.25) is 11.8 Å². The third-order valence-electron chi connectivity index (χ3n) is 4.09. The summed E-state index contributed by atoms with van der Waals surface area (Å²) in [7, 11) is 0. The molecule has 2 rings (SSSR count). The molecular formula is C14H24N2O2. The molecule has 2 aliphatic rings. The smallest absolute Gasteiger partial charge is 0.246 e. The van der Waals surface area contributed by atoms with Crippen LogP contribution in [0.25, 0.3) is 0 Å². The molecule has 1 saturated carbocycles. The molecule has 4 nitrogen and oxygen atoms in total. The quantitative estimate of drug-likeness (QED) is 0.831. The molecule has 18 heavy (non-hydrogen) atoms. The number of carbonyl (C=O) groups is 2. The minimum Gasteiger partial charge on any atom is -0.343 e. The molecule has 1 N–H and O–H groups in total. The third-order valence-corrected chi connectivity index (χ3v) is 4.09. The largest absolute Gasteiger partial charge is 0.343 e. The van der Waals surface area contributed by atoms with Gasteiger partial charge in [-0.15, -0.1) is 0 Å². The van der Waals surface area contributed by atoms with Crippen molar-refractivity contribution in [2.75, 3.05) is 0 Å². The molecule has 2 amide bonds. The molecule has 4 heteroatoms. The number of amides is 2. The number of nitrogens with zero attached hydrogens (tertiary/aromatic N) is 1. The van der Waals surface area contributed by atoms with E-state index in [1.807, 2.05) is 11.8 Å². The van der Waals surface area contributed by atoms with Crippen LogP contribution in [0.5, 0.6) is 0 Å². The second-order valence-corrected chi connectivity index (χ2v) is 6.05. The van der Waals surface area contributed by atoms with Crippen LogP contribution in [-0.4, -0.2) is 34.8 Å². The van der Waals surface area contributed by atoms with E-state index in [1.165, 1.54) is 12.8 Å². The number of carbonyl (C=O) groups excluding carboxylic acids is 2. The summed E-state index contributed by atoms with van der Waals surface area (Å²) in [5, 5.41) is 2.87. The van der Waals surface area contributed by atoms with Gasteiger partial charge in [-0.2, -0.15) is 0 Å². The maximum Gasteiger partial charge on any atom is 0.246 e. The van der Waals surface area contributed by atoms with Gasteiger partial charge >= 0.3 is 0 Å². The van der Waals surface area contributed by atoms with Gasteiger partial charge in [0.1, 0.15) is 12.1 Å². The lowest BCUT2D eigenvalue weighted by atomic mass is 9.97. The SMILES string of the molecule is CC(C)CC1NC(=O)C(C)N(C2CCCC2)C1=O. The number of hydrogen-bond acceptors (Lipinski definition) is 2. The first kappa shape index (κ1) is 13.4. The van der Waals surface area contributed by atoms with Crippen LogP contribution in [0.4, 0.5) is 0 Å². The average molecular weight is 252 g/mol. The first-order chi connectivity index (χ1) is 8.50. The molecule has 1 aliphatic heterocycles. The van der Waals surface area contributed by atoms with E-state index in [0.29, 0.717) is 5.92 Å². The molecule has 0 aromatic carbocycles. The van der Waals surface area contributed by atoms with Gasteiger partial charge in [-0.3, -0.25) is 9.59 Å². The molecule has 0 aromatic heterocycles. The fourth-order valence-electron chi connectivity index (χ4n) is 3.16. The van der Waals surface area contributed by atoms with Crippen LogP contribution in [0.1, 0.15) is 52.9 Å². The third kappa shape index (κ3) is 2.52. The average Bonchev–Trinajstić information content (AvgIpc) is 2.79. The van der Waals surface area contributed by atoms with Crippen LogP contribution in [0.3, 0.4) is 0 Å². The Morgan fingerprint density at radius 3 is 2.44 bits per heavy atom. The molecule has 1 heterocycles. The van der Waals surface area contributed by atoms with Gasteiger partial charge in [-0.05, 0) is 32.1 Å². The van der Waals surface area contributed by atoms with Crippen molar-refractivity contribution in [3.8, 4) is 0 Å². The van der Waals surface area contributed by atoms with Crippen molar-refractivity contribution in [1.82, 2.24) is 10.2 Å². The normalized spacial score (nSPS) is 30.1. The lowest BCUT2D eigenvalue weighted by Gasteiger charge is -2.41. The maximum atomic E-state index is 12.5. The summed E-state index contributed by atoms with van der Waals surface area (Å²) in [4.78, 5) is 26.4. The Bertz CT molecular complexity index is 335. The van der Waals surface area contributed by atoms with Gasteiger partial charge in [-0.1, -0.05) is 26.7 Å². The molecule has 2 fully saturated rings. The summed E-state index contributed by atoms with van der Waals surface area (Å²) in [6.07, 6.45) is 5.20. The number of nitrogens with one attached hydrogen (secondary N) is 1. The molecule has 1 saturated heterocycles. The highest BCUT2D eigenvalue weighted by atomic mass is 16.2. The topological polar surface area (TPSA) is 49.4 Å². The second-order valence-electron chi connectivity index (χ2n) is 6.05. The van der Waals surface area contributed by atoms with Crippen molar-refractivity contribution >= 4 is 11.8 Å². The molecule has 0 radical (unpaired) electrons. The van der Waals surface area contributed by atoms with Gasteiger partial charge in [0.25, 0.3) is 0 Å². The maximum absolute atomic E-state index is 12.5. The minimum atomic E-state index is -0.311. The van der Waals surface area contributed by atoms with Crippen LogP contribution in [0, 0.1) is 5.92 Å². The van der Waals surface area contributed by atoms with Gasteiger partial charge < -0.3 is 10.2 Å². The predicted octanol–water partition coefficient (Wildman–Crippen LogP) is 1.69. The summed E-state index contributed by atoms with van der Waals surface area (Å²) in [6, 6.07) is -0.327. The number of rotatable bonds is 3. The second kappa shape index (κ2) is 5.29. The molecule has 0 spiro atoms. The summed E-state index contributed by atoms with van der Waals surface area (Å²) in [6.45, 7) is 6.01. The van der Waals surface area contributed by atoms with E-state index in [2.05, 4.69) is 19.2 Å². The van der Waals surface area contributed by atoms with E-state index in [4.69, 9.17) is 0 Å². The van der Waals surface area contributed by atoms with Gasteiger partial charge in [0.15, 0.2) is 0 Å². The Hall–Kier alpha value is -1.06. The van der Waals surface area contributed by atoms with Crippen LogP contribution in [0.2, 0.25) is 0 Å². The molecular weight excluding hydrogens is 228 g/mol. The predicted molar refractivity (Wildman–Crippen MR) is 69.9 cm³/mol. The molecule has 1 aliphatic carbocycles. The molecule has 102 valence electrons. The Balaban J connectivity index is 2.14. The summed E-state index contributed by atoms with van der Waals surface area (Å²) in [5.74, 6) is 0.549. The van der Waals surface area contributed by atoms with E-state index in [1.54, 1.807) is 0 Å². The molecule has 0 bridgehead atoms. The fraction of sp³-hybridized carbons (Fsp3) is 0.857. The highest BCUT2D eigenvalue weighted by molar-refractivity contribution is 5.96. The highest BCUT2D eigenvalue weighted by Crippen LogP contribution is 2.28. The van der Waals surface area contributed by atoms with Gasteiger partial charge in [0, 0.05) is 6.04 Å². The Kier molecular flexibility index (Phi) is 3.93. The Morgan fingerprint density at radius 1 is 1.28 bits per heavy atom. The monoisotopic (exact) mass is 252 g/mol. The lowest BCUT2D eigenvalue weighted by molar-refractivity contribution is -0.151. The molecule has 2 unspecified atom stereocenters. The van der Waals surface area contributed by atoms with Crippen molar-refractivity contribution < 1.29 is 9.59 Å². The van der Waals surface area contributed by atoms with E-state index in [9.17, 15) is 9.59 Å². The number of piperazine rings is 1. The number of hydrogen-bond donors (Lipinski definition) is 1. The molecule has 0 aromatic rings. The van der Waals surface area contributed by atoms with Crippen molar-refractivity contribution in [3.63, 3.8) is 0 Å². The molecule has 2 atom stereocenters. The van der Waals surface area contributed by atoms with Crippen molar-refractivity contribution in [1.29, 1.82) is 0 Å². The van der Waals surface area contributed by atoms with Crippen LogP contribution in [-0.2, 0) is 9.59 Å². The summed E-state index contributed by atoms with van der Waals surface area (Å²) in [5.41, 5.74) is 0. The first-order valence-electron chi connectivity index (χ1n) is 7.13. The van der Waals surface area contributed by atoms with E-state index in [0.717, 1.165) is 19.3 Å². The van der Waals surface area contributed by atoms with Crippen molar-refractivity contribution in [2.24, 2.45) is 5.92 Å². The first-order valence-corrected chi connectivity index (χ1v) is 7.13. The summed E-state index contributed by atoms with van der Waals surface area (Å²) >= 11 is 0. The standard InChI is InChI=1S/C14H24N2O2/c1-9(2)8-12-14(18)16(10(3)13(17)15-12)11-6-4-5-7-11/h9-12H,4-8H2,1-3H3,(H,15,17). The highest BCUT2D eigenvalue weighted by Gasteiger charge is 2.42. The zero-order valence-electron chi connectivity index (χ0n) is 11.6. The van der Waals surface area contributed by atoms with E-state index >= 15 is 0 Å². The van der Waals surface area contributed by atoms with Crippen LogP contribution >= 0.6 is 0 Å². The van der Waals surface area contributed by atoms with Crippen LogP contribution in [0.15, 0.2) is 0 Å².